The molecule has 2 aromatic rings. The van der Waals surface area contributed by atoms with Gasteiger partial charge in [0.2, 0.25) is 0 Å². The fourth-order valence-electron chi connectivity index (χ4n) is 2.78. The molecule has 23 heavy (non-hydrogen) atoms. The summed E-state index contributed by atoms with van der Waals surface area (Å²) in [6.07, 6.45) is -1.04. The van der Waals surface area contributed by atoms with Crippen LogP contribution in [0, 0.1) is 0 Å². The summed E-state index contributed by atoms with van der Waals surface area (Å²) in [6, 6.07) is 9.08. The van der Waals surface area contributed by atoms with Crippen LogP contribution < -0.4 is 9.47 Å². The molecule has 2 atom stereocenters. The number of ether oxygens (including phenoxy) is 2. The predicted molar refractivity (Wildman–Crippen MR) is 81.9 cm³/mol. The van der Waals surface area contributed by atoms with Crippen molar-refractivity contribution in [3.63, 3.8) is 0 Å². The molecule has 6 nitrogen and oxygen atoms in total. The summed E-state index contributed by atoms with van der Waals surface area (Å²) in [4.78, 5) is 0. The molecule has 2 aromatic carbocycles. The van der Waals surface area contributed by atoms with Gasteiger partial charge < -0.3 is 29.9 Å². The van der Waals surface area contributed by atoms with Gasteiger partial charge in [-0.1, -0.05) is 6.07 Å². The summed E-state index contributed by atoms with van der Waals surface area (Å²) in [5.74, 6) is 0.683. The van der Waals surface area contributed by atoms with E-state index in [4.69, 9.17) is 9.47 Å². The van der Waals surface area contributed by atoms with Crippen molar-refractivity contribution >= 4 is 0 Å². The smallest absolute Gasteiger partial charge is 0.160 e. The summed E-state index contributed by atoms with van der Waals surface area (Å²) in [7, 11) is 1.44. The van der Waals surface area contributed by atoms with Crippen LogP contribution in [0.4, 0.5) is 0 Å². The first-order valence-corrected chi connectivity index (χ1v) is 7.15. The molecule has 122 valence electrons. The number of hydrogen-bond acceptors (Lipinski definition) is 6. The van der Waals surface area contributed by atoms with Crippen LogP contribution >= 0.6 is 0 Å². The fraction of sp³-hybridized carbons (Fsp3) is 0.294. The zero-order valence-electron chi connectivity index (χ0n) is 12.6. The van der Waals surface area contributed by atoms with E-state index >= 15 is 0 Å². The monoisotopic (exact) mass is 318 g/mol. The number of phenolic OH excluding ortho intramolecular Hbond substituents is 2. The Balaban J connectivity index is 1.89. The molecule has 0 saturated carbocycles. The molecule has 4 N–H and O–H groups in total. The van der Waals surface area contributed by atoms with Crippen LogP contribution in [0.3, 0.4) is 0 Å². The molecular formula is C17H18O6. The maximum absolute atomic E-state index is 10.8. The first-order chi connectivity index (χ1) is 10.9. The lowest BCUT2D eigenvalue weighted by Gasteiger charge is -2.38. The Morgan fingerprint density at radius 2 is 2.00 bits per heavy atom. The molecule has 6 heteroatoms. The maximum atomic E-state index is 10.8. The minimum Gasteiger partial charge on any atom is -0.508 e. The lowest BCUT2D eigenvalue weighted by Crippen LogP contribution is -2.47. The Bertz CT molecular complexity index is 729. The number of fused-ring (bicyclic) bond motifs is 1. The highest BCUT2D eigenvalue weighted by Crippen LogP contribution is 2.41. The van der Waals surface area contributed by atoms with Gasteiger partial charge in [0, 0.05) is 18.1 Å². The molecule has 1 aliphatic heterocycles. The number of aliphatic hydroxyl groups is 2. The number of methoxy groups -OCH3 is 1. The molecule has 0 aromatic heterocycles. The molecule has 3 rings (SSSR count). The number of phenols is 2. The van der Waals surface area contributed by atoms with E-state index in [0.29, 0.717) is 22.6 Å². The first-order valence-electron chi connectivity index (χ1n) is 7.15. The average molecular weight is 318 g/mol. The zero-order valence-corrected chi connectivity index (χ0v) is 12.6. The van der Waals surface area contributed by atoms with E-state index in [-0.39, 0.29) is 24.5 Å². The fourth-order valence-corrected chi connectivity index (χ4v) is 2.78. The van der Waals surface area contributed by atoms with Gasteiger partial charge in [-0.25, -0.2) is 0 Å². The third kappa shape index (κ3) is 2.78. The van der Waals surface area contributed by atoms with E-state index in [0.717, 1.165) is 0 Å². The van der Waals surface area contributed by atoms with Crippen LogP contribution in [0.2, 0.25) is 0 Å². The Morgan fingerprint density at radius 3 is 2.74 bits per heavy atom. The lowest BCUT2D eigenvalue weighted by molar-refractivity contribution is -0.114. The van der Waals surface area contributed by atoms with Crippen molar-refractivity contribution in [1.29, 1.82) is 0 Å². The van der Waals surface area contributed by atoms with Gasteiger partial charge in [-0.3, -0.25) is 0 Å². The number of aliphatic hydroxyl groups excluding tert-OH is 1. The van der Waals surface area contributed by atoms with Gasteiger partial charge in [0.1, 0.15) is 29.8 Å². The molecule has 1 heterocycles. The van der Waals surface area contributed by atoms with Gasteiger partial charge in [-0.05, 0) is 29.8 Å². The van der Waals surface area contributed by atoms with Crippen LogP contribution in [0.15, 0.2) is 36.4 Å². The minimum absolute atomic E-state index is 0.00417. The van der Waals surface area contributed by atoms with E-state index in [1.54, 1.807) is 12.1 Å². The number of rotatable bonds is 3. The number of aromatic hydroxyl groups is 2. The molecule has 0 aliphatic carbocycles. The molecule has 0 spiro atoms. The van der Waals surface area contributed by atoms with Crippen molar-refractivity contribution in [2.75, 3.05) is 13.7 Å². The lowest BCUT2D eigenvalue weighted by atomic mass is 9.84. The van der Waals surface area contributed by atoms with Crippen molar-refractivity contribution in [1.82, 2.24) is 0 Å². The third-order valence-corrected chi connectivity index (χ3v) is 4.03. The second-order valence-corrected chi connectivity index (χ2v) is 5.70. The summed E-state index contributed by atoms with van der Waals surface area (Å²) >= 11 is 0. The molecule has 0 saturated heterocycles. The third-order valence-electron chi connectivity index (χ3n) is 4.03. The van der Waals surface area contributed by atoms with Crippen molar-refractivity contribution in [2.45, 2.75) is 18.1 Å². The minimum atomic E-state index is -1.52. The summed E-state index contributed by atoms with van der Waals surface area (Å²) in [6.45, 7) is -0.117. The van der Waals surface area contributed by atoms with Crippen LogP contribution in [0.25, 0.3) is 0 Å². The highest BCUT2D eigenvalue weighted by molar-refractivity contribution is 5.45. The molecule has 1 aliphatic rings. The van der Waals surface area contributed by atoms with Gasteiger partial charge in [0.15, 0.2) is 11.5 Å². The highest BCUT2D eigenvalue weighted by Gasteiger charge is 2.42. The first kappa shape index (κ1) is 15.5. The normalized spacial score (nSPS) is 23.0. The quantitative estimate of drug-likeness (QED) is 0.684. The second-order valence-electron chi connectivity index (χ2n) is 5.70. The van der Waals surface area contributed by atoms with Crippen molar-refractivity contribution in [3.05, 3.63) is 47.5 Å². The van der Waals surface area contributed by atoms with E-state index < -0.39 is 11.7 Å². The number of benzene rings is 2. The highest BCUT2D eigenvalue weighted by atomic mass is 16.5. The molecule has 0 radical (unpaired) electrons. The zero-order chi connectivity index (χ0) is 16.6. The van der Waals surface area contributed by atoms with E-state index in [1.165, 1.54) is 31.4 Å². The Kier molecular flexibility index (Phi) is 3.79. The van der Waals surface area contributed by atoms with Crippen LogP contribution in [0.1, 0.15) is 17.2 Å². The van der Waals surface area contributed by atoms with Gasteiger partial charge in [0.05, 0.1) is 7.11 Å². The Hall–Kier alpha value is -2.44. The molecule has 0 unspecified atom stereocenters. The largest absolute Gasteiger partial charge is 0.508 e. The van der Waals surface area contributed by atoms with E-state index in [1.807, 2.05) is 0 Å². The van der Waals surface area contributed by atoms with Crippen molar-refractivity contribution < 1.29 is 29.9 Å². The molecule has 0 fully saturated rings. The molecule has 0 bridgehead atoms. The van der Waals surface area contributed by atoms with Crippen molar-refractivity contribution in [3.8, 4) is 23.0 Å². The Morgan fingerprint density at radius 1 is 1.22 bits per heavy atom. The summed E-state index contributed by atoms with van der Waals surface area (Å²) in [5, 5.41) is 40.4. The van der Waals surface area contributed by atoms with Gasteiger partial charge in [-0.15, -0.1) is 0 Å². The summed E-state index contributed by atoms with van der Waals surface area (Å²) in [5.41, 5.74) is -0.416. The average Bonchev–Trinajstić information content (AvgIpc) is 2.53. The van der Waals surface area contributed by atoms with Gasteiger partial charge in [-0.2, -0.15) is 0 Å². The SMILES string of the molecule is COc1cc(C[C@@]2(O)COc3cc(O)ccc3[C@H]2O)ccc1O. The van der Waals surface area contributed by atoms with Gasteiger partial charge >= 0.3 is 0 Å². The van der Waals surface area contributed by atoms with Crippen LogP contribution in [0.5, 0.6) is 23.0 Å². The summed E-state index contributed by atoms with van der Waals surface area (Å²) < 4.78 is 10.5. The standard InChI is InChI=1S/C17H18O6/c1-22-15-6-10(2-5-13(15)19)8-17(21)9-23-14-7-11(18)3-4-12(14)16(17)20/h2-7,16,18-21H,8-9H2,1H3/t16-,17-/m1/s1. The predicted octanol–water partition coefficient (Wildman–Crippen LogP) is 1.51. The molecular weight excluding hydrogens is 300 g/mol. The van der Waals surface area contributed by atoms with Crippen molar-refractivity contribution in [2.24, 2.45) is 0 Å². The van der Waals surface area contributed by atoms with Crippen LogP contribution in [-0.4, -0.2) is 39.7 Å². The topological polar surface area (TPSA) is 99.4 Å². The Labute approximate surface area is 133 Å². The van der Waals surface area contributed by atoms with Gasteiger partial charge in [0.25, 0.3) is 0 Å². The second kappa shape index (κ2) is 5.64. The van der Waals surface area contributed by atoms with E-state index in [2.05, 4.69) is 0 Å². The molecule has 0 amide bonds. The number of hydrogen-bond donors (Lipinski definition) is 4. The van der Waals surface area contributed by atoms with Crippen LogP contribution in [-0.2, 0) is 6.42 Å². The van der Waals surface area contributed by atoms with E-state index in [9.17, 15) is 20.4 Å². The maximum Gasteiger partial charge on any atom is 0.160 e.